The average Bonchev–Trinajstić information content (AvgIpc) is 3.16. The summed E-state index contributed by atoms with van der Waals surface area (Å²) in [7, 11) is 0. The summed E-state index contributed by atoms with van der Waals surface area (Å²) in [6, 6.07) is 11.5. The van der Waals surface area contributed by atoms with Crippen LogP contribution in [0.5, 0.6) is 5.75 Å². The number of rotatable bonds is 6. The minimum atomic E-state index is -0.634. The summed E-state index contributed by atoms with van der Waals surface area (Å²) in [5.74, 6) is -0.199. The first kappa shape index (κ1) is 22.6. The second-order valence-electron chi connectivity index (χ2n) is 9.13. The summed E-state index contributed by atoms with van der Waals surface area (Å²) in [6.45, 7) is 7.05. The molecule has 2 aromatic carbocycles. The molecule has 1 atom stereocenters. The van der Waals surface area contributed by atoms with Crippen LogP contribution in [0.3, 0.4) is 0 Å². The first-order valence-electron chi connectivity index (χ1n) is 11.8. The van der Waals surface area contributed by atoms with Gasteiger partial charge in [-0.25, -0.2) is 0 Å². The number of hydrogen-bond donors (Lipinski definition) is 1. The quantitative estimate of drug-likeness (QED) is 0.661. The number of aryl methyl sites for hydroxylation is 1. The van der Waals surface area contributed by atoms with Crippen LogP contribution in [0.25, 0.3) is 0 Å². The van der Waals surface area contributed by atoms with Crippen molar-refractivity contribution in [3.05, 3.63) is 64.2 Å². The van der Waals surface area contributed by atoms with Gasteiger partial charge < -0.3 is 14.4 Å². The highest BCUT2D eigenvalue weighted by Gasteiger charge is 2.40. The third-order valence-corrected chi connectivity index (χ3v) is 6.78. The van der Waals surface area contributed by atoms with Crippen LogP contribution in [0.15, 0.2) is 36.4 Å². The molecule has 0 bridgehead atoms. The molecular formula is C26H29N3O5. The van der Waals surface area contributed by atoms with Crippen LogP contribution < -0.4 is 10.1 Å². The van der Waals surface area contributed by atoms with Crippen molar-refractivity contribution in [2.24, 2.45) is 0 Å². The van der Waals surface area contributed by atoms with Gasteiger partial charge in [-0.05, 0) is 36.1 Å². The molecule has 0 spiro atoms. The fraction of sp³-hybridized carbons (Fsp3) is 0.423. The van der Waals surface area contributed by atoms with Gasteiger partial charge in [-0.2, -0.15) is 0 Å². The molecule has 2 fully saturated rings. The van der Waals surface area contributed by atoms with Crippen molar-refractivity contribution in [2.75, 3.05) is 26.3 Å². The van der Waals surface area contributed by atoms with E-state index in [-0.39, 0.29) is 18.2 Å². The Hall–Kier alpha value is -3.23. The lowest BCUT2D eigenvalue weighted by Crippen LogP contribution is -2.52. The SMILES string of the molecule is Cc1ccc2c(c1OCc1ccc(CN3CCOCC3)cc1)CN(C1CCC(=O)NC1=O)C2=O. The summed E-state index contributed by atoms with van der Waals surface area (Å²) in [4.78, 5) is 40.8. The standard InChI is InChI=1S/C26H29N3O5/c1-17-2-7-20-21(15-29(26(20)32)22-8-9-23(30)27-25(22)31)24(17)34-16-19-5-3-18(4-6-19)14-28-10-12-33-13-11-28/h2-7,22H,8-16H2,1H3,(H,27,30,31). The summed E-state index contributed by atoms with van der Waals surface area (Å²) in [5, 5.41) is 2.34. The number of carbonyl (C=O) groups excluding carboxylic acids is 3. The number of morpholine rings is 1. The van der Waals surface area contributed by atoms with E-state index in [2.05, 4.69) is 34.5 Å². The Kier molecular flexibility index (Phi) is 6.34. The van der Waals surface area contributed by atoms with Crippen molar-refractivity contribution >= 4 is 17.7 Å². The molecule has 0 aromatic heterocycles. The number of ether oxygens (including phenoxy) is 2. The topological polar surface area (TPSA) is 88.2 Å². The van der Waals surface area contributed by atoms with E-state index in [4.69, 9.17) is 9.47 Å². The lowest BCUT2D eigenvalue weighted by molar-refractivity contribution is -0.136. The first-order chi connectivity index (χ1) is 16.5. The van der Waals surface area contributed by atoms with E-state index in [0.29, 0.717) is 30.9 Å². The Labute approximate surface area is 198 Å². The van der Waals surface area contributed by atoms with Crippen LogP contribution in [0.4, 0.5) is 0 Å². The number of amides is 3. The number of nitrogens with zero attached hydrogens (tertiary/aromatic N) is 2. The molecule has 3 aliphatic heterocycles. The second-order valence-corrected chi connectivity index (χ2v) is 9.13. The average molecular weight is 464 g/mol. The third kappa shape index (κ3) is 4.56. The predicted molar refractivity (Wildman–Crippen MR) is 124 cm³/mol. The molecular weight excluding hydrogens is 434 g/mol. The van der Waals surface area contributed by atoms with Crippen molar-refractivity contribution in [3.63, 3.8) is 0 Å². The largest absolute Gasteiger partial charge is 0.488 e. The number of imide groups is 1. The monoisotopic (exact) mass is 463 g/mol. The van der Waals surface area contributed by atoms with E-state index < -0.39 is 11.9 Å². The highest BCUT2D eigenvalue weighted by atomic mass is 16.5. The van der Waals surface area contributed by atoms with E-state index >= 15 is 0 Å². The number of hydrogen-bond acceptors (Lipinski definition) is 6. The van der Waals surface area contributed by atoms with E-state index in [9.17, 15) is 14.4 Å². The zero-order chi connectivity index (χ0) is 23.7. The zero-order valence-corrected chi connectivity index (χ0v) is 19.3. The Bertz CT molecular complexity index is 1110. The molecule has 0 saturated carbocycles. The Balaban J connectivity index is 1.27. The van der Waals surface area contributed by atoms with Gasteiger partial charge in [0.05, 0.1) is 19.8 Å². The highest BCUT2D eigenvalue weighted by Crippen LogP contribution is 2.36. The smallest absolute Gasteiger partial charge is 0.255 e. The van der Waals surface area contributed by atoms with Crippen molar-refractivity contribution in [1.29, 1.82) is 0 Å². The maximum absolute atomic E-state index is 13.1. The van der Waals surface area contributed by atoms with Crippen molar-refractivity contribution in [1.82, 2.24) is 15.1 Å². The van der Waals surface area contributed by atoms with Gasteiger partial charge in [0.25, 0.3) is 5.91 Å². The highest BCUT2D eigenvalue weighted by molar-refractivity contribution is 6.05. The summed E-state index contributed by atoms with van der Waals surface area (Å²) >= 11 is 0. The fourth-order valence-electron chi connectivity index (χ4n) is 4.85. The Morgan fingerprint density at radius 3 is 2.50 bits per heavy atom. The second kappa shape index (κ2) is 9.56. The van der Waals surface area contributed by atoms with Gasteiger partial charge in [0.15, 0.2) is 0 Å². The molecule has 34 heavy (non-hydrogen) atoms. The maximum atomic E-state index is 13.1. The number of fused-ring (bicyclic) bond motifs is 1. The van der Waals surface area contributed by atoms with E-state index in [1.165, 1.54) is 5.56 Å². The van der Waals surface area contributed by atoms with Gasteiger partial charge in [0.1, 0.15) is 18.4 Å². The van der Waals surface area contributed by atoms with Gasteiger partial charge in [-0.3, -0.25) is 24.6 Å². The lowest BCUT2D eigenvalue weighted by atomic mass is 10.0. The minimum absolute atomic E-state index is 0.193. The molecule has 3 aliphatic rings. The molecule has 178 valence electrons. The molecule has 5 rings (SSSR count). The number of benzene rings is 2. The van der Waals surface area contributed by atoms with Crippen molar-refractivity contribution in [2.45, 2.75) is 45.5 Å². The molecule has 2 aromatic rings. The lowest BCUT2D eigenvalue weighted by Gasteiger charge is -2.29. The summed E-state index contributed by atoms with van der Waals surface area (Å²) in [5.41, 5.74) is 4.62. The van der Waals surface area contributed by atoms with Crippen LogP contribution >= 0.6 is 0 Å². The fourth-order valence-corrected chi connectivity index (χ4v) is 4.85. The van der Waals surface area contributed by atoms with Crippen LogP contribution in [-0.2, 0) is 34.0 Å². The molecule has 8 nitrogen and oxygen atoms in total. The molecule has 8 heteroatoms. The third-order valence-electron chi connectivity index (χ3n) is 6.78. The van der Waals surface area contributed by atoms with E-state index in [1.54, 1.807) is 11.0 Å². The van der Waals surface area contributed by atoms with Gasteiger partial charge >= 0.3 is 0 Å². The van der Waals surface area contributed by atoms with Crippen LogP contribution in [0.2, 0.25) is 0 Å². The Morgan fingerprint density at radius 1 is 1.03 bits per heavy atom. The van der Waals surface area contributed by atoms with Gasteiger partial charge in [-0.1, -0.05) is 30.3 Å². The normalized spacial score (nSPS) is 20.9. The number of piperidine rings is 1. The van der Waals surface area contributed by atoms with Gasteiger partial charge in [-0.15, -0.1) is 0 Å². The van der Waals surface area contributed by atoms with Crippen molar-refractivity contribution < 1.29 is 23.9 Å². The zero-order valence-electron chi connectivity index (χ0n) is 19.3. The molecule has 0 radical (unpaired) electrons. The Morgan fingerprint density at radius 2 is 1.76 bits per heavy atom. The van der Waals surface area contributed by atoms with Gasteiger partial charge in [0, 0.05) is 37.2 Å². The first-order valence-corrected chi connectivity index (χ1v) is 11.8. The molecule has 2 saturated heterocycles. The minimum Gasteiger partial charge on any atom is -0.488 e. The van der Waals surface area contributed by atoms with Gasteiger partial charge in [0.2, 0.25) is 11.8 Å². The van der Waals surface area contributed by atoms with Crippen molar-refractivity contribution in [3.8, 4) is 5.75 Å². The molecule has 3 amide bonds. The summed E-state index contributed by atoms with van der Waals surface area (Å²) in [6.07, 6.45) is 0.580. The summed E-state index contributed by atoms with van der Waals surface area (Å²) < 4.78 is 11.6. The maximum Gasteiger partial charge on any atom is 0.255 e. The predicted octanol–water partition coefficient (Wildman–Crippen LogP) is 2.17. The molecule has 1 N–H and O–H groups in total. The number of carbonyl (C=O) groups is 3. The van der Waals surface area contributed by atoms with E-state index in [1.807, 2.05) is 13.0 Å². The molecule has 3 heterocycles. The van der Waals surface area contributed by atoms with E-state index in [0.717, 1.165) is 49.5 Å². The molecule has 0 aliphatic carbocycles. The number of nitrogens with one attached hydrogen (secondary N) is 1. The van der Waals surface area contributed by atoms with Crippen LogP contribution in [-0.4, -0.2) is 59.9 Å². The van der Waals surface area contributed by atoms with Crippen LogP contribution in [0, 0.1) is 6.92 Å². The van der Waals surface area contributed by atoms with Crippen LogP contribution in [0.1, 0.15) is 45.5 Å². The molecule has 1 unspecified atom stereocenters.